The maximum Gasteiger partial charge on any atom is 0.116 e. The Hall–Kier alpha value is -0.510. The first-order chi connectivity index (χ1) is 4.30. The van der Waals surface area contributed by atoms with Gasteiger partial charge < -0.3 is 5.32 Å². The Morgan fingerprint density at radius 2 is 2.56 bits per heavy atom. The molecule has 0 aromatic heterocycles. The van der Waals surface area contributed by atoms with Gasteiger partial charge in [-0.3, -0.25) is 4.31 Å². The third kappa shape index (κ3) is 1.71. The Balaban J connectivity index is 2.50. The van der Waals surface area contributed by atoms with E-state index in [2.05, 4.69) is 5.32 Å². The van der Waals surface area contributed by atoms with E-state index in [4.69, 9.17) is 0 Å². The van der Waals surface area contributed by atoms with Crippen LogP contribution in [0.3, 0.4) is 0 Å². The summed E-state index contributed by atoms with van der Waals surface area (Å²) >= 11 is 0. The number of hydrogen-bond acceptors (Lipinski definition) is 2. The van der Waals surface area contributed by atoms with Gasteiger partial charge in [0, 0.05) is 31.7 Å². The van der Waals surface area contributed by atoms with Crippen molar-refractivity contribution in [3.8, 4) is 0 Å². The average Bonchev–Trinajstić information content (AvgIpc) is 1.90. The summed E-state index contributed by atoms with van der Waals surface area (Å²) in [4.78, 5) is 0. The number of hydrogen-bond donors (Lipinski definition) is 1. The molecule has 0 radical (unpaired) electrons. The topological polar surface area (TPSA) is 32.3 Å². The molecule has 1 unspecified atom stereocenters. The van der Waals surface area contributed by atoms with Gasteiger partial charge in [0.1, 0.15) is 11.0 Å². The normalized spacial score (nSPS) is 21.2. The van der Waals surface area contributed by atoms with Crippen LogP contribution < -0.4 is 5.32 Å². The molecule has 52 valence electrons. The standard InChI is InChI=1S/C5H10N2OS/c1-9(8)7-4-2-6-3-5-7/h2,4,6H,3,5H2,1H3. The van der Waals surface area contributed by atoms with E-state index in [0.717, 1.165) is 13.1 Å². The van der Waals surface area contributed by atoms with Crippen molar-refractivity contribution >= 4 is 11.0 Å². The molecule has 0 fully saturated rings. The monoisotopic (exact) mass is 146 g/mol. The summed E-state index contributed by atoms with van der Waals surface area (Å²) in [5, 5.41) is 3.01. The van der Waals surface area contributed by atoms with Gasteiger partial charge in [0.25, 0.3) is 0 Å². The van der Waals surface area contributed by atoms with Gasteiger partial charge >= 0.3 is 0 Å². The zero-order valence-electron chi connectivity index (χ0n) is 5.33. The third-order valence-electron chi connectivity index (χ3n) is 1.17. The van der Waals surface area contributed by atoms with Gasteiger partial charge in [-0.2, -0.15) is 0 Å². The first-order valence-corrected chi connectivity index (χ1v) is 4.32. The first-order valence-electron chi connectivity index (χ1n) is 2.81. The molecule has 0 aromatic rings. The van der Waals surface area contributed by atoms with Gasteiger partial charge in [0.05, 0.1) is 0 Å². The Morgan fingerprint density at radius 1 is 1.78 bits per heavy atom. The predicted molar refractivity (Wildman–Crippen MR) is 37.9 cm³/mol. The van der Waals surface area contributed by atoms with Gasteiger partial charge in [0.2, 0.25) is 0 Å². The lowest BCUT2D eigenvalue weighted by molar-refractivity contribution is 0.532. The highest BCUT2D eigenvalue weighted by molar-refractivity contribution is 7.81. The molecule has 3 nitrogen and oxygen atoms in total. The van der Waals surface area contributed by atoms with Crippen LogP contribution >= 0.6 is 0 Å². The molecule has 1 aliphatic rings. The van der Waals surface area contributed by atoms with Gasteiger partial charge in [0.15, 0.2) is 0 Å². The van der Waals surface area contributed by atoms with Crippen LogP contribution in [-0.4, -0.2) is 27.9 Å². The SMILES string of the molecule is CS(=O)N1C=CNCC1. The number of rotatable bonds is 1. The van der Waals surface area contributed by atoms with Crippen molar-refractivity contribution in [2.24, 2.45) is 0 Å². The maximum atomic E-state index is 10.8. The molecule has 1 atom stereocenters. The van der Waals surface area contributed by atoms with Gasteiger partial charge in [-0.15, -0.1) is 0 Å². The summed E-state index contributed by atoms with van der Waals surface area (Å²) in [7, 11) is -0.845. The molecule has 0 aromatic carbocycles. The summed E-state index contributed by atoms with van der Waals surface area (Å²) in [5.41, 5.74) is 0. The summed E-state index contributed by atoms with van der Waals surface area (Å²) in [6.45, 7) is 1.72. The van der Waals surface area contributed by atoms with E-state index in [1.807, 2.05) is 6.20 Å². The average molecular weight is 146 g/mol. The molecular weight excluding hydrogens is 136 g/mol. The Kier molecular flexibility index (Phi) is 2.10. The lowest BCUT2D eigenvalue weighted by Gasteiger charge is -2.20. The van der Waals surface area contributed by atoms with Crippen molar-refractivity contribution in [1.29, 1.82) is 0 Å². The molecule has 0 amide bonds. The number of nitrogens with one attached hydrogen (secondary N) is 1. The smallest absolute Gasteiger partial charge is 0.116 e. The van der Waals surface area contributed by atoms with Crippen molar-refractivity contribution in [3.63, 3.8) is 0 Å². The van der Waals surface area contributed by atoms with E-state index in [1.165, 1.54) is 0 Å². The summed E-state index contributed by atoms with van der Waals surface area (Å²) in [6.07, 6.45) is 5.29. The molecule has 1 aliphatic heterocycles. The van der Waals surface area contributed by atoms with Crippen molar-refractivity contribution in [1.82, 2.24) is 9.62 Å². The quantitative estimate of drug-likeness (QED) is 0.548. The van der Waals surface area contributed by atoms with Crippen LogP contribution in [0.5, 0.6) is 0 Å². The first kappa shape index (κ1) is 6.61. The summed E-state index contributed by atoms with van der Waals surface area (Å²) < 4.78 is 12.5. The predicted octanol–water partition coefficient (Wildman–Crippen LogP) is -0.344. The molecule has 0 aliphatic carbocycles. The third-order valence-corrected chi connectivity index (χ3v) is 2.13. The second-order valence-electron chi connectivity index (χ2n) is 1.83. The molecule has 1 rings (SSSR count). The van der Waals surface area contributed by atoms with Crippen LogP contribution in [0.25, 0.3) is 0 Å². The molecule has 0 bridgehead atoms. The number of nitrogens with zero attached hydrogens (tertiary/aromatic N) is 1. The van der Waals surface area contributed by atoms with E-state index < -0.39 is 11.0 Å². The minimum Gasteiger partial charge on any atom is -0.388 e. The largest absolute Gasteiger partial charge is 0.388 e. The molecule has 9 heavy (non-hydrogen) atoms. The molecule has 0 saturated heterocycles. The highest BCUT2D eigenvalue weighted by Crippen LogP contribution is 1.95. The van der Waals surface area contributed by atoms with E-state index >= 15 is 0 Å². The van der Waals surface area contributed by atoms with Crippen LogP contribution in [0.1, 0.15) is 0 Å². The highest BCUT2D eigenvalue weighted by atomic mass is 32.2. The maximum absolute atomic E-state index is 10.8. The Labute approximate surface area is 57.3 Å². The van der Waals surface area contributed by atoms with Gasteiger partial charge in [-0.25, -0.2) is 4.21 Å². The summed E-state index contributed by atoms with van der Waals surface area (Å²) in [5.74, 6) is 0. The van der Waals surface area contributed by atoms with Crippen molar-refractivity contribution < 1.29 is 4.21 Å². The minimum atomic E-state index is -0.845. The molecule has 0 spiro atoms. The molecule has 1 N–H and O–H groups in total. The fraction of sp³-hybridized carbons (Fsp3) is 0.600. The Morgan fingerprint density at radius 3 is 2.89 bits per heavy atom. The fourth-order valence-corrected chi connectivity index (χ4v) is 1.26. The summed E-state index contributed by atoms with van der Waals surface area (Å²) in [6, 6.07) is 0. The lowest BCUT2D eigenvalue weighted by Crippen LogP contribution is -2.31. The Bertz CT molecular complexity index is 146. The van der Waals surface area contributed by atoms with E-state index in [0.29, 0.717) is 0 Å². The van der Waals surface area contributed by atoms with Crippen LogP contribution in [0, 0.1) is 0 Å². The van der Waals surface area contributed by atoms with E-state index in [9.17, 15) is 4.21 Å². The highest BCUT2D eigenvalue weighted by Gasteiger charge is 2.04. The second-order valence-corrected chi connectivity index (χ2v) is 3.15. The minimum absolute atomic E-state index is 0.833. The fourth-order valence-electron chi connectivity index (χ4n) is 0.683. The van der Waals surface area contributed by atoms with Crippen LogP contribution in [0.15, 0.2) is 12.4 Å². The van der Waals surface area contributed by atoms with Gasteiger partial charge in [-0.05, 0) is 0 Å². The zero-order chi connectivity index (χ0) is 6.69. The van der Waals surface area contributed by atoms with Gasteiger partial charge in [-0.1, -0.05) is 0 Å². The lowest BCUT2D eigenvalue weighted by atomic mass is 10.5. The van der Waals surface area contributed by atoms with Crippen LogP contribution in [0.4, 0.5) is 0 Å². The van der Waals surface area contributed by atoms with Crippen LogP contribution in [-0.2, 0) is 11.0 Å². The zero-order valence-corrected chi connectivity index (χ0v) is 6.15. The van der Waals surface area contributed by atoms with E-state index in [-0.39, 0.29) is 0 Å². The molecule has 1 heterocycles. The van der Waals surface area contributed by atoms with Crippen LogP contribution in [0.2, 0.25) is 0 Å². The van der Waals surface area contributed by atoms with Crippen molar-refractivity contribution in [2.75, 3.05) is 19.3 Å². The van der Waals surface area contributed by atoms with Crippen molar-refractivity contribution in [3.05, 3.63) is 12.4 Å². The molecular formula is C5H10N2OS. The van der Waals surface area contributed by atoms with Crippen molar-refractivity contribution in [2.45, 2.75) is 0 Å². The molecule has 0 saturated carbocycles. The molecule has 4 heteroatoms. The van der Waals surface area contributed by atoms with E-state index in [1.54, 1.807) is 16.8 Å². The second kappa shape index (κ2) is 2.87.